The first kappa shape index (κ1) is 20.6. The molecule has 2 N–H and O–H groups in total. The Morgan fingerprint density at radius 3 is 1.84 bits per heavy atom. The summed E-state index contributed by atoms with van der Waals surface area (Å²) in [6.07, 6.45) is 0. The van der Waals surface area contributed by atoms with E-state index >= 15 is 0 Å². The van der Waals surface area contributed by atoms with Crippen LogP contribution in [0.15, 0.2) is 54.6 Å². The van der Waals surface area contributed by atoms with Gasteiger partial charge in [0.1, 0.15) is 0 Å². The number of methoxy groups -OCH3 is 2. The standard InChI is InChI=1S/C23H23N5O2S/c1-28(2)16-8-5-14(6-9-16)24-23(31)25-15-7-10-17-18(11-15)27-20-13-22(30-4)21(29-3)12-19(20)26-17/h5-13H,1-4H3,(H2,24,25,31). The first-order valence-electron chi connectivity index (χ1n) is 9.66. The van der Waals surface area contributed by atoms with Gasteiger partial charge in [-0.05, 0) is 54.7 Å². The Labute approximate surface area is 186 Å². The highest BCUT2D eigenvalue weighted by Crippen LogP contribution is 2.31. The number of nitrogens with one attached hydrogen (secondary N) is 2. The molecule has 1 heterocycles. The molecular weight excluding hydrogens is 410 g/mol. The summed E-state index contributed by atoms with van der Waals surface area (Å²) in [6, 6.07) is 17.4. The second-order valence-electron chi connectivity index (χ2n) is 7.14. The average Bonchev–Trinajstić information content (AvgIpc) is 2.77. The highest BCUT2D eigenvalue weighted by Gasteiger charge is 2.10. The maximum Gasteiger partial charge on any atom is 0.175 e. The molecule has 3 aromatic carbocycles. The van der Waals surface area contributed by atoms with Crippen LogP contribution in [0.2, 0.25) is 0 Å². The zero-order valence-electron chi connectivity index (χ0n) is 17.8. The molecule has 4 rings (SSSR count). The third kappa shape index (κ3) is 4.44. The molecular formula is C23H23N5O2S. The van der Waals surface area contributed by atoms with Crippen molar-refractivity contribution in [2.45, 2.75) is 0 Å². The van der Waals surface area contributed by atoms with Gasteiger partial charge in [0.25, 0.3) is 0 Å². The summed E-state index contributed by atoms with van der Waals surface area (Å²) in [5, 5.41) is 6.90. The van der Waals surface area contributed by atoms with Crippen molar-refractivity contribution in [3.05, 3.63) is 54.6 Å². The average molecular weight is 434 g/mol. The molecule has 0 radical (unpaired) electrons. The smallest absolute Gasteiger partial charge is 0.175 e. The summed E-state index contributed by atoms with van der Waals surface area (Å²) >= 11 is 5.46. The number of nitrogens with zero attached hydrogens (tertiary/aromatic N) is 3. The lowest BCUT2D eigenvalue weighted by Crippen LogP contribution is -2.19. The maximum atomic E-state index is 5.46. The van der Waals surface area contributed by atoms with E-state index in [0.29, 0.717) is 16.6 Å². The molecule has 158 valence electrons. The summed E-state index contributed by atoms with van der Waals surface area (Å²) in [4.78, 5) is 11.5. The number of hydrogen-bond donors (Lipinski definition) is 2. The van der Waals surface area contributed by atoms with Crippen LogP contribution in [-0.2, 0) is 0 Å². The summed E-state index contributed by atoms with van der Waals surface area (Å²) in [5.74, 6) is 1.24. The Morgan fingerprint density at radius 2 is 1.26 bits per heavy atom. The molecule has 0 aliphatic heterocycles. The number of benzene rings is 3. The molecule has 0 bridgehead atoms. The third-order valence-corrected chi connectivity index (χ3v) is 5.04. The van der Waals surface area contributed by atoms with Crippen molar-refractivity contribution in [2.75, 3.05) is 43.8 Å². The molecule has 8 heteroatoms. The van der Waals surface area contributed by atoms with E-state index in [-0.39, 0.29) is 0 Å². The quantitative estimate of drug-likeness (QED) is 0.347. The lowest BCUT2D eigenvalue weighted by molar-refractivity contribution is 0.355. The molecule has 0 saturated carbocycles. The minimum absolute atomic E-state index is 0.497. The van der Waals surface area contributed by atoms with Gasteiger partial charge in [-0.2, -0.15) is 0 Å². The van der Waals surface area contributed by atoms with E-state index in [4.69, 9.17) is 31.7 Å². The van der Waals surface area contributed by atoms with Crippen LogP contribution < -0.4 is 25.0 Å². The number of rotatable bonds is 5. The van der Waals surface area contributed by atoms with Crippen molar-refractivity contribution in [1.29, 1.82) is 0 Å². The monoisotopic (exact) mass is 433 g/mol. The van der Waals surface area contributed by atoms with E-state index in [1.807, 2.05) is 73.6 Å². The SMILES string of the molecule is COc1cc2nc3ccc(NC(=S)Nc4ccc(N(C)C)cc4)cc3nc2cc1OC. The van der Waals surface area contributed by atoms with Gasteiger partial charge in [-0.3, -0.25) is 0 Å². The number of thiocarbonyl (C=S) groups is 1. The third-order valence-electron chi connectivity index (χ3n) is 4.84. The van der Waals surface area contributed by atoms with Gasteiger partial charge in [-0.1, -0.05) is 0 Å². The van der Waals surface area contributed by atoms with Crippen molar-refractivity contribution >= 4 is 56.5 Å². The Kier molecular flexibility index (Phi) is 5.73. The molecule has 31 heavy (non-hydrogen) atoms. The van der Waals surface area contributed by atoms with E-state index in [0.717, 1.165) is 39.1 Å². The van der Waals surface area contributed by atoms with Crippen molar-refractivity contribution in [1.82, 2.24) is 9.97 Å². The van der Waals surface area contributed by atoms with E-state index in [1.54, 1.807) is 14.2 Å². The van der Waals surface area contributed by atoms with Crippen molar-refractivity contribution < 1.29 is 9.47 Å². The molecule has 0 saturated heterocycles. The second-order valence-corrected chi connectivity index (χ2v) is 7.55. The van der Waals surface area contributed by atoms with Crippen molar-refractivity contribution in [2.24, 2.45) is 0 Å². The molecule has 0 aliphatic carbocycles. The van der Waals surface area contributed by atoms with Crippen LogP contribution in [0.25, 0.3) is 22.1 Å². The minimum atomic E-state index is 0.497. The molecule has 0 fully saturated rings. The van der Waals surface area contributed by atoms with Crippen LogP contribution in [0.4, 0.5) is 17.1 Å². The predicted molar refractivity (Wildman–Crippen MR) is 131 cm³/mol. The fraction of sp³-hybridized carbons (Fsp3) is 0.174. The summed E-state index contributed by atoms with van der Waals surface area (Å²) in [7, 11) is 7.21. The number of ether oxygens (including phenoxy) is 2. The molecule has 1 aromatic heterocycles. The zero-order chi connectivity index (χ0) is 22.0. The van der Waals surface area contributed by atoms with Crippen LogP contribution in [-0.4, -0.2) is 43.4 Å². The first-order valence-corrected chi connectivity index (χ1v) is 10.1. The van der Waals surface area contributed by atoms with Crippen LogP contribution >= 0.6 is 12.2 Å². The van der Waals surface area contributed by atoms with E-state index < -0.39 is 0 Å². The fourth-order valence-corrected chi connectivity index (χ4v) is 3.45. The first-order chi connectivity index (χ1) is 15.0. The van der Waals surface area contributed by atoms with Gasteiger partial charge in [-0.15, -0.1) is 0 Å². The van der Waals surface area contributed by atoms with E-state index in [9.17, 15) is 0 Å². The predicted octanol–water partition coefficient (Wildman–Crippen LogP) is 4.68. The second kappa shape index (κ2) is 8.61. The van der Waals surface area contributed by atoms with Crippen molar-refractivity contribution in [3.8, 4) is 11.5 Å². The van der Waals surface area contributed by atoms with Crippen LogP contribution in [0, 0.1) is 0 Å². The Hall–Kier alpha value is -3.65. The van der Waals surface area contributed by atoms with Gasteiger partial charge in [0.05, 0.1) is 36.3 Å². The fourth-order valence-electron chi connectivity index (χ4n) is 3.22. The number of fused-ring (bicyclic) bond motifs is 2. The van der Waals surface area contributed by atoms with Gasteiger partial charge >= 0.3 is 0 Å². The molecule has 0 amide bonds. The highest BCUT2D eigenvalue weighted by molar-refractivity contribution is 7.80. The Balaban J connectivity index is 1.56. The van der Waals surface area contributed by atoms with E-state index in [2.05, 4.69) is 10.6 Å². The highest BCUT2D eigenvalue weighted by atomic mass is 32.1. The molecule has 0 spiro atoms. The summed E-state index contributed by atoms with van der Waals surface area (Å²) in [5.41, 5.74) is 5.86. The lowest BCUT2D eigenvalue weighted by atomic mass is 10.2. The van der Waals surface area contributed by atoms with Crippen molar-refractivity contribution in [3.63, 3.8) is 0 Å². The Morgan fingerprint density at radius 1 is 0.742 bits per heavy atom. The molecule has 0 atom stereocenters. The van der Waals surface area contributed by atoms with Gasteiger partial charge < -0.3 is 25.0 Å². The van der Waals surface area contributed by atoms with E-state index in [1.165, 1.54) is 0 Å². The minimum Gasteiger partial charge on any atom is -0.493 e. The summed E-state index contributed by atoms with van der Waals surface area (Å²) in [6.45, 7) is 0. The van der Waals surface area contributed by atoms with Crippen LogP contribution in [0.5, 0.6) is 11.5 Å². The van der Waals surface area contributed by atoms with Gasteiger partial charge in [0.2, 0.25) is 0 Å². The Bertz CT molecular complexity index is 1260. The van der Waals surface area contributed by atoms with Gasteiger partial charge in [-0.25, -0.2) is 9.97 Å². The largest absolute Gasteiger partial charge is 0.493 e. The zero-order valence-corrected chi connectivity index (χ0v) is 18.6. The van der Waals surface area contributed by atoms with Gasteiger partial charge in [0.15, 0.2) is 16.6 Å². The topological polar surface area (TPSA) is 71.5 Å². The molecule has 7 nitrogen and oxygen atoms in total. The lowest BCUT2D eigenvalue weighted by Gasteiger charge is -2.14. The molecule has 0 unspecified atom stereocenters. The number of anilines is 3. The van der Waals surface area contributed by atoms with Crippen LogP contribution in [0.1, 0.15) is 0 Å². The molecule has 4 aromatic rings. The molecule has 0 aliphatic rings. The number of aromatic nitrogens is 2. The maximum absolute atomic E-state index is 5.46. The van der Waals surface area contributed by atoms with Crippen LogP contribution in [0.3, 0.4) is 0 Å². The summed E-state index contributed by atoms with van der Waals surface area (Å²) < 4.78 is 10.7. The van der Waals surface area contributed by atoms with Gasteiger partial charge in [0, 0.05) is 43.3 Å². The normalized spacial score (nSPS) is 10.7. The number of hydrogen-bond acceptors (Lipinski definition) is 6.